The third-order valence-corrected chi connectivity index (χ3v) is 4.94. The van der Waals surface area contributed by atoms with Crippen molar-refractivity contribution >= 4 is 35.1 Å². The first-order valence-corrected chi connectivity index (χ1v) is 8.32. The molecule has 0 aromatic heterocycles. The van der Waals surface area contributed by atoms with Gasteiger partial charge in [0.25, 0.3) is 0 Å². The molecule has 1 aliphatic rings. The van der Waals surface area contributed by atoms with Crippen molar-refractivity contribution in [2.75, 3.05) is 5.32 Å². The summed E-state index contributed by atoms with van der Waals surface area (Å²) in [6, 6.07) is 13.4. The van der Waals surface area contributed by atoms with Gasteiger partial charge in [0.2, 0.25) is 5.91 Å². The summed E-state index contributed by atoms with van der Waals surface area (Å²) in [7, 11) is 0. The Morgan fingerprint density at radius 3 is 2.31 bits per heavy atom. The fourth-order valence-electron chi connectivity index (χ4n) is 3.31. The number of para-hydroxylation sites is 1. The van der Waals surface area contributed by atoms with Gasteiger partial charge in [-0.05, 0) is 48.2 Å². The van der Waals surface area contributed by atoms with Crippen LogP contribution < -0.4 is 5.32 Å². The molecule has 6 nitrogen and oxygen atoms in total. The number of hydrogen-bond acceptors (Lipinski definition) is 3. The highest BCUT2D eigenvalue weighted by molar-refractivity contribution is 6.30. The zero-order valence-electron chi connectivity index (χ0n) is 13.6. The van der Waals surface area contributed by atoms with Crippen molar-refractivity contribution in [3.8, 4) is 0 Å². The lowest BCUT2D eigenvalue weighted by atomic mass is 9.66. The van der Waals surface area contributed by atoms with Crippen LogP contribution in [0.3, 0.4) is 0 Å². The summed E-state index contributed by atoms with van der Waals surface area (Å²) in [5.74, 6) is -4.32. The van der Waals surface area contributed by atoms with Gasteiger partial charge in [-0.25, -0.2) is 0 Å². The number of halogens is 1. The number of rotatable bonds is 4. The molecule has 7 heteroatoms. The number of carbonyl (C=O) groups excluding carboxylic acids is 1. The molecule has 0 saturated heterocycles. The molecular formula is C19H16ClNO5. The van der Waals surface area contributed by atoms with Crippen LogP contribution in [0.1, 0.15) is 23.5 Å². The van der Waals surface area contributed by atoms with Gasteiger partial charge in [0, 0.05) is 10.7 Å². The smallest absolute Gasteiger partial charge is 0.321 e. The quantitative estimate of drug-likeness (QED) is 0.714. The Morgan fingerprint density at radius 2 is 1.69 bits per heavy atom. The van der Waals surface area contributed by atoms with Crippen LogP contribution in [-0.2, 0) is 20.8 Å². The summed E-state index contributed by atoms with van der Waals surface area (Å²) in [4.78, 5) is 36.4. The molecule has 3 rings (SSSR count). The van der Waals surface area contributed by atoms with E-state index in [4.69, 9.17) is 11.6 Å². The Balaban J connectivity index is 2.04. The molecule has 1 atom stereocenters. The molecule has 0 aliphatic heterocycles. The third-order valence-electron chi connectivity index (χ3n) is 4.70. The van der Waals surface area contributed by atoms with Gasteiger partial charge < -0.3 is 15.5 Å². The van der Waals surface area contributed by atoms with Crippen molar-refractivity contribution in [3.05, 3.63) is 64.7 Å². The Labute approximate surface area is 154 Å². The van der Waals surface area contributed by atoms with Crippen LogP contribution in [0.2, 0.25) is 5.02 Å². The van der Waals surface area contributed by atoms with Gasteiger partial charge in [0.05, 0.1) is 5.92 Å². The molecular weight excluding hydrogens is 358 g/mol. The largest absolute Gasteiger partial charge is 0.480 e. The molecule has 0 heterocycles. The second-order valence-electron chi connectivity index (χ2n) is 6.32. The van der Waals surface area contributed by atoms with Crippen molar-refractivity contribution in [1.82, 2.24) is 0 Å². The minimum absolute atomic E-state index is 0.195. The van der Waals surface area contributed by atoms with Gasteiger partial charge in [-0.1, -0.05) is 35.9 Å². The van der Waals surface area contributed by atoms with Crippen LogP contribution in [0.15, 0.2) is 48.5 Å². The molecule has 1 unspecified atom stereocenters. The molecule has 134 valence electrons. The topological polar surface area (TPSA) is 104 Å². The van der Waals surface area contributed by atoms with Crippen molar-refractivity contribution < 1.29 is 24.6 Å². The average molecular weight is 374 g/mol. The minimum Gasteiger partial charge on any atom is -0.480 e. The first kappa shape index (κ1) is 17.9. The number of carboxylic acids is 2. The van der Waals surface area contributed by atoms with E-state index in [2.05, 4.69) is 5.32 Å². The number of carbonyl (C=O) groups is 3. The van der Waals surface area contributed by atoms with Crippen molar-refractivity contribution in [2.24, 2.45) is 5.41 Å². The van der Waals surface area contributed by atoms with Gasteiger partial charge in [0.15, 0.2) is 5.41 Å². The number of anilines is 1. The van der Waals surface area contributed by atoms with Crippen LogP contribution in [0.25, 0.3) is 0 Å². The van der Waals surface area contributed by atoms with E-state index in [1.807, 2.05) is 0 Å². The van der Waals surface area contributed by atoms with Crippen LogP contribution in [0.4, 0.5) is 5.69 Å². The summed E-state index contributed by atoms with van der Waals surface area (Å²) >= 11 is 6.04. The summed E-state index contributed by atoms with van der Waals surface area (Å²) in [6.45, 7) is 0. The van der Waals surface area contributed by atoms with Crippen LogP contribution >= 0.6 is 11.6 Å². The van der Waals surface area contributed by atoms with E-state index in [9.17, 15) is 24.6 Å². The lowest BCUT2D eigenvalue weighted by molar-refractivity contribution is -0.166. The molecule has 1 amide bonds. The monoisotopic (exact) mass is 373 g/mol. The van der Waals surface area contributed by atoms with Gasteiger partial charge in [-0.3, -0.25) is 14.4 Å². The standard InChI is InChI=1S/C19H16ClNO5/c20-12-7-6-11-9-19(17(23)24,18(25)26)10-15(14(11)8-12)16(22)21-13-4-2-1-3-5-13/h1-8,15H,9-10H2,(H,21,22)(H,23,24)(H,25,26). The Bertz CT molecular complexity index is 867. The normalized spacial score (nSPS) is 17.8. The number of nitrogens with one attached hydrogen (secondary N) is 1. The van der Waals surface area contributed by atoms with Crippen molar-refractivity contribution in [2.45, 2.75) is 18.8 Å². The van der Waals surface area contributed by atoms with Crippen molar-refractivity contribution in [1.29, 1.82) is 0 Å². The fourth-order valence-corrected chi connectivity index (χ4v) is 3.49. The predicted molar refractivity (Wildman–Crippen MR) is 95.3 cm³/mol. The van der Waals surface area contributed by atoms with Crippen LogP contribution in [0, 0.1) is 5.41 Å². The lowest BCUT2D eigenvalue weighted by Crippen LogP contribution is -2.47. The third kappa shape index (κ3) is 3.15. The highest BCUT2D eigenvalue weighted by atomic mass is 35.5. The van der Waals surface area contributed by atoms with Gasteiger partial charge in [0.1, 0.15) is 0 Å². The molecule has 26 heavy (non-hydrogen) atoms. The van der Waals surface area contributed by atoms with E-state index < -0.39 is 29.2 Å². The molecule has 0 bridgehead atoms. The van der Waals surface area contributed by atoms with E-state index in [1.165, 1.54) is 0 Å². The molecule has 0 spiro atoms. The Morgan fingerprint density at radius 1 is 1.04 bits per heavy atom. The lowest BCUT2D eigenvalue weighted by Gasteiger charge is -2.35. The maximum atomic E-state index is 12.8. The average Bonchev–Trinajstić information content (AvgIpc) is 2.61. The van der Waals surface area contributed by atoms with E-state index >= 15 is 0 Å². The van der Waals surface area contributed by atoms with Gasteiger partial charge in [-0.15, -0.1) is 0 Å². The number of aliphatic carboxylic acids is 2. The fraction of sp³-hybridized carbons (Fsp3) is 0.211. The summed E-state index contributed by atoms with van der Waals surface area (Å²) in [6.07, 6.45) is -0.539. The van der Waals surface area contributed by atoms with E-state index in [-0.39, 0.29) is 12.8 Å². The molecule has 3 N–H and O–H groups in total. The molecule has 2 aromatic carbocycles. The highest BCUT2D eigenvalue weighted by Crippen LogP contribution is 2.44. The van der Waals surface area contributed by atoms with Crippen LogP contribution in [-0.4, -0.2) is 28.1 Å². The Kier molecular flexibility index (Phi) is 4.70. The van der Waals surface area contributed by atoms with Crippen LogP contribution in [0.5, 0.6) is 0 Å². The molecule has 0 fully saturated rings. The minimum atomic E-state index is -2.06. The molecule has 2 aromatic rings. The number of benzene rings is 2. The maximum Gasteiger partial charge on any atom is 0.321 e. The maximum absolute atomic E-state index is 12.8. The van der Waals surface area contributed by atoms with Gasteiger partial charge in [-0.2, -0.15) is 0 Å². The van der Waals surface area contributed by atoms with E-state index in [0.717, 1.165) is 0 Å². The Hall–Kier alpha value is -2.86. The first-order valence-electron chi connectivity index (χ1n) is 7.94. The molecule has 0 radical (unpaired) electrons. The predicted octanol–water partition coefficient (Wildman–Crippen LogP) is 3.16. The first-order chi connectivity index (χ1) is 12.3. The molecule has 1 aliphatic carbocycles. The molecule has 0 saturated carbocycles. The zero-order valence-corrected chi connectivity index (χ0v) is 14.4. The number of amides is 1. The zero-order chi connectivity index (χ0) is 18.9. The van der Waals surface area contributed by atoms with Crippen molar-refractivity contribution in [3.63, 3.8) is 0 Å². The summed E-state index contributed by atoms with van der Waals surface area (Å²) in [5, 5.41) is 22.3. The number of hydrogen-bond donors (Lipinski definition) is 3. The second-order valence-corrected chi connectivity index (χ2v) is 6.76. The van der Waals surface area contributed by atoms with E-state index in [0.29, 0.717) is 21.8 Å². The number of fused-ring (bicyclic) bond motifs is 1. The SMILES string of the molecule is O=C(Nc1ccccc1)C1CC(C(=O)O)(C(=O)O)Cc2ccc(Cl)cc21. The summed E-state index contributed by atoms with van der Waals surface area (Å²) in [5.41, 5.74) is -0.454. The van der Waals surface area contributed by atoms with E-state index in [1.54, 1.807) is 48.5 Å². The summed E-state index contributed by atoms with van der Waals surface area (Å²) < 4.78 is 0. The number of carboxylic acid groups (broad SMARTS) is 2. The second kappa shape index (κ2) is 6.80. The highest BCUT2D eigenvalue weighted by Gasteiger charge is 2.53. The van der Waals surface area contributed by atoms with Gasteiger partial charge >= 0.3 is 11.9 Å².